The molecule has 2 aromatic rings. The monoisotopic (exact) mass is 282 g/mol. The van der Waals surface area contributed by atoms with Crippen molar-refractivity contribution in [3.05, 3.63) is 11.6 Å². The van der Waals surface area contributed by atoms with Gasteiger partial charge < -0.3 is 10.2 Å². The van der Waals surface area contributed by atoms with Crippen LogP contribution in [0, 0.1) is 0 Å². The Balaban J connectivity index is 2.13. The van der Waals surface area contributed by atoms with Gasteiger partial charge in [0.2, 0.25) is 0 Å². The Morgan fingerprint density at radius 2 is 2.22 bits per heavy atom. The van der Waals surface area contributed by atoms with Crippen LogP contribution in [0.3, 0.4) is 0 Å². The van der Waals surface area contributed by atoms with Gasteiger partial charge in [0.15, 0.2) is 10.3 Å². The Labute approximate surface area is 116 Å². The van der Waals surface area contributed by atoms with Crippen LogP contribution in [-0.4, -0.2) is 30.1 Å². The van der Waals surface area contributed by atoms with Gasteiger partial charge in [-0.2, -0.15) is 0 Å². The van der Waals surface area contributed by atoms with Gasteiger partial charge >= 0.3 is 0 Å². The molecule has 0 radical (unpaired) electrons. The van der Waals surface area contributed by atoms with Crippen LogP contribution < -0.4 is 10.2 Å². The Kier molecular flexibility index (Phi) is 4.19. The number of nitrogens with one attached hydrogen (secondary N) is 1. The van der Waals surface area contributed by atoms with E-state index in [4.69, 9.17) is 0 Å². The third-order valence-electron chi connectivity index (χ3n) is 2.61. The molecule has 0 aliphatic carbocycles. The highest BCUT2D eigenvalue weighted by Crippen LogP contribution is 2.32. The van der Waals surface area contributed by atoms with Gasteiger partial charge in [-0.05, 0) is 13.3 Å². The summed E-state index contributed by atoms with van der Waals surface area (Å²) in [6.07, 6.45) is 2.99. The molecule has 0 amide bonds. The average molecular weight is 282 g/mol. The summed E-state index contributed by atoms with van der Waals surface area (Å²) in [6.45, 7) is 4.33. The maximum atomic E-state index is 4.60. The molecule has 0 spiro atoms. The van der Waals surface area contributed by atoms with Crippen LogP contribution in [0.4, 0.5) is 10.3 Å². The molecular formula is C12H18N4S2. The first-order chi connectivity index (χ1) is 8.60. The minimum Gasteiger partial charge on any atom is -0.359 e. The van der Waals surface area contributed by atoms with E-state index < -0.39 is 0 Å². The van der Waals surface area contributed by atoms with Crippen molar-refractivity contribution in [2.75, 3.05) is 24.3 Å². The predicted octanol–water partition coefficient (Wildman–Crippen LogP) is 3.54. The number of thiazole rings is 2. The van der Waals surface area contributed by atoms with Gasteiger partial charge in [0, 0.05) is 31.7 Å². The molecule has 1 unspecified atom stereocenters. The van der Waals surface area contributed by atoms with Crippen LogP contribution in [0.5, 0.6) is 0 Å². The smallest absolute Gasteiger partial charge is 0.185 e. The third kappa shape index (κ3) is 3.00. The van der Waals surface area contributed by atoms with Crippen LogP contribution >= 0.6 is 22.7 Å². The second-order valence-corrected chi connectivity index (χ2v) is 6.26. The van der Waals surface area contributed by atoms with E-state index in [-0.39, 0.29) is 0 Å². The number of nitrogens with zero attached hydrogens (tertiary/aromatic N) is 3. The van der Waals surface area contributed by atoms with Crippen molar-refractivity contribution >= 4 is 32.9 Å². The first-order valence-corrected chi connectivity index (χ1v) is 7.65. The number of hydrogen-bond donors (Lipinski definition) is 1. The third-order valence-corrected chi connectivity index (χ3v) is 4.58. The first kappa shape index (κ1) is 13.3. The van der Waals surface area contributed by atoms with Crippen molar-refractivity contribution in [2.24, 2.45) is 0 Å². The Bertz CT molecular complexity index is 504. The predicted molar refractivity (Wildman–Crippen MR) is 80.9 cm³/mol. The molecule has 4 nitrogen and oxygen atoms in total. The number of rotatable bonds is 5. The summed E-state index contributed by atoms with van der Waals surface area (Å²) in [7, 11) is 4.00. The van der Waals surface area contributed by atoms with Crippen molar-refractivity contribution in [1.29, 1.82) is 0 Å². The average Bonchev–Trinajstić information content (AvgIpc) is 2.96. The molecule has 0 fully saturated rings. The minimum absolute atomic E-state index is 0.461. The SMILES string of the molecule is CCC(C)Nc1nc(-c2cnc(N(C)C)s2)cs1. The fraction of sp³-hybridized carbons (Fsp3) is 0.500. The van der Waals surface area contributed by atoms with Gasteiger partial charge in [-0.1, -0.05) is 18.3 Å². The molecule has 0 aliphatic rings. The van der Waals surface area contributed by atoms with Crippen LogP contribution in [-0.2, 0) is 0 Å². The van der Waals surface area contributed by atoms with Gasteiger partial charge in [-0.3, -0.25) is 0 Å². The molecule has 6 heteroatoms. The summed E-state index contributed by atoms with van der Waals surface area (Å²) in [5, 5.41) is 7.47. The molecule has 0 saturated heterocycles. The molecule has 2 aromatic heterocycles. The number of hydrogen-bond acceptors (Lipinski definition) is 6. The molecular weight excluding hydrogens is 264 g/mol. The topological polar surface area (TPSA) is 41.1 Å². The van der Waals surface area contributed by atoms with Crippen LogP contribution in [0.1, 0.15) is 20.3 Å². The van der Waals surface area contributed by atoms with Crippen molar-refractivity contribution in [2.45, 2.75) is 26.3 Å². The molecule has 1 atom stereocenters. The molecule has 18 heavy (non-hydrogen) atoms. The lowest BCUT2D eigenvalue weighted by molar-refractivity contribution is 0.763. The van der Waals surface area contributed by atoms with Gasteiger partial charge in [0.25, 0.3) is 0 Å². The summed E-state index contributed by atoms with van der Waals surface area (Å²) in [6, 6.07) is 0.461. The standard InChI is InChI=1S/C12H18N4S2/c1-5-8(2)14-11-15-9(7-17-11)10-6-13-12(18-10)16(3)4/h6-8H,5H2,1-4H3,(H,14,15). The van der Waals surface area contributed by atoms with Crippen molar-refractivity contribution < 1.29 is 0 Å². The van der Waals surface area contributed by atoms with E-state index in [2.05, 4.69) is 34.5 Å². The summed E-state index contributed by atoms with van der Waals surface area (Å²) >= 11 is 3.31. The van der Waals surface area contributed by atoms with Gasteiger partial charge in [0.1, 0.15) is 0 Å². The maximum absolute atomic E-state index is 4.60. The Hall–Kier alpha value is -1.14. The van der Waals surface area contributed by atoms with Gasteiger partial charge in [-0.15, -0.1) is 11.3 Å². The van der Waals surface area contributed by atoms with Gasteiger partial charge in [0.05, 0.1) is 10.6 Å². The van der Waals surface area contributed by atoms with Crippen molar-refractivity contribution in [3.63, 3.8) is 0 Å². The van der Waals surface area contributed by atoms with E-state index in [1.54, 1.807) is 22.7 Å². The molecule has 0 bridgehead atoms. The highest BCUT2D eigenvalue weighted by Gasteiger charge is 2.10. The van der Waals surface area contributed by atoms with Crippen LogP contribution in [0.25, 0.3) is 10.6 Å². The van der Waals surface area contributed by atoms with Gasteiger partial charge in [-0.25, -0.2) is 9.97 Å². The zero-order valence-electron chi connectivity index (χ0n) is 11.1. The van der Waals surface area contributed by atoms with E-state index in [0.717, 1.165) is 27.3 Å². The molecule has 2 rings (SSSR count). The summed E-state index contributed by atoms with van der Waals surface area (Å²) in [5.41, 5.74) is 1.01. The zero-order chi connectivity index (χ0) is 13.1. The van der Waals surface area contributed by atoms with Crippen LogP contribution in [0.2, 0.25) is 0 Å². The minimum atomic E-state index is 0.461. The Morgan fingerprint density at radius 1 is 1.44 bits per heavy atom. The van der Waals surface area contributed by atoms with Crippen molar-refractivity contribution in [3.8, 4) is 10.6 Å². The molecule has 98 valence electrons. The van der Waals surface area contributed by atoms with E-state index in [1.807, 2.05) is 25.2 Å². The fourth-order valence-electron chi connectivity index (χ4n) is 1.36. The highest BCUT2D eigenvalue weighted by molar-refractivity contribution is 7.19. The molecule has 0 aromatic carbocycles. The summed E-state index contributed by atoms with van der Waals surface area (Å²) in [4.78, 5) is 12.1. The van der Waals surface area contributed by atoms with Crippen molar-refractivity contribution in [1.82, 2.24) is 9.97 Å². The fourth-order valence-corrected chi connectivity index (χ4v) is 3.05. The normalized spacial score (nSPS) is 12.4. The lowest BCUT2D eigenvalue weighted by atomic mass is 10.3. The zero-order valence-corrected chi connectivity index (χ0v) is 12.7. The quantitative estimate of drug-likeness (QED) is 0.910. The molecule has 2 heterocycles. The number of anilines is 2. The second kappa shape index (κ2) is 5.67. The second-order valence-electron chi connectivity index (χ2n) is 4.39. The highest BCUT2D eigenvalue weighted by atomic mass is 32.1. The Morgan fingerprint density at radius 3 is 2.83 bits per heavy atom. The van der Waals surface area contributed by atoms with E-state index in [9.17, 15) is 0 Å². The largest absolute Gasteiger partial charge is 0.359 e. The number of aromatic nitrogens is 2. The van der Waals surface area contributed by atoms with E-state index in [0.29, 0.717) is 6.04 Å². The lowest BCUT2D eigenvalue weighted by Gasteiger charge is -2.08. The lowest BCUT2D eigenvalue weighted by Crippen LogP contribution is -2.12. The van der Waals surface area contributed by atoms with E-state index in [1.165, 1.54) is 0 Å². The summed E-state index contributed by atoms with van der Waals surface area (Å²) in [5.74, 6) is 0. The first-order valence-electron chi connectivity index (χ1n) is 5.95. The summed E-state index contributed by atoms with van der Waals surface area (Å²) < 4.78 is 0. The molecule has 1 N–H and O–H groups in total. The molecule has 0 aliphatic heterocycles. The van der Waals surface area contributed by atoms with Crippen LogP contribution in [0.15, 0.2) is 11.6 Å². The van der Waals surface area contributed by atoms with E-state index >= 15 is 0 Å². The maximum Gasteiger partial charge on any atom is 0.185 e. The molecule has 0 saturated carbocycles.